The highest BCUT2D eigenvalue weighted by Crippen LogP contribution is 2.33. The molecular formula is C22H23ClN4O4S2. The van der Waals surface area contributed by atoms with Gasteiger partial charge < -0.3 is 9.80 Å². The van der Waals surface area contributed by atoms with Crippen molar-refractivity contribution in [3.05, 3.63) is 59.4 Å². The highest BCUT2D eigenvalue weighted by molar-refractivity contribution is 7.91. The second-order valence-corrected chi connectivity index (χ2v) is 11.5. The van der Waals surface area contributed by atoms with Crippen LogP contribution in [0.25, 0.3) is 10.1 Å². The molecule has 0 atom stereocenters. The summed E-state index contributed by atoms with van der Waals surface area (Å²) in [6.07, 6.45) is 4.10. The topological polar surface area (TPSA) is 90.9 Å². The molecule has 1 aliphatic rings. The van der Waals surface area contributed by atoms with E-state index < -0.39 is 10.0 Å². The molecule has 8 nitrogen and oxygen atoms in total. The summed E-state index contributed by atoms with van der Waals surface area (Å²) in [5.74, 6) is -0.569. The maximum atomic E-state index is 13.1. The van der Waals surface area contributed by atoms with Gasteiger partial charge in [0.1, 0.15) is 4.21 Å². The Labute approximate surface area is 201 Å². The second-order valence-electron chi connectivity index (χ2n) is 7.82. The molecule has 0 aliphatic carbocycles. The lowest BCUT2D eigenvalue weighted by molar-refractivity contribution is -0.141. The van der Waals surface area contributed by atoms with Crippen molar-refractivity contribution in [2.24, 2.45) is 0 Å². The minimum Gasteiger partial charge on any atom is -0.344 e. The number of carbonyl (C=O) groups is 2. The number of aromatic nitrogens is 1. The van der Waals surface area contributed by atoms with Crippen molar-refractivity contribution in [3.8, 4) is 0 Å². The number of rotatable bonds is 7. The van der Waals surface area contributed by atoms with Crippen molar-refractivity contribution in [1.82, 2.24) is 19.1 Å². The molecular weight excluding hydrogens is 484 g/mol. The first kappa shape index (κ1) is 23.6. The van der Waals surface area contributed by atoms with E-state index in [9.17, 15) is 18.0 Å². The van der Waals surface area contributed by atoms with Crippen LogP contribution >= 0.6 is 22.9 Å². The summed E-state index contributed by atoms with van der Waals surface area (Å²) in [5.41, 5.74) is 1.07. The van der Waals surface area contributed by atoms with Gasteiger partial charge in [-0.05, 0) is 47.7 Å². The van der Waals surface area contributed by atoms with Crippen LogP contribution in [0.4, 0.5) is 0 Å². The fraction of sp³-hybridized carbons (Fsp3) is 0.318. The van der Waals surface area contributed by atoms with E-state index in [-0.39, 0.29) is 42.2 Å². The maximum Gasteiger partial charge on any atom is 0.253 e. The molecule has 33 heavy (non-hydrogen) atoms. The number of likely N-dealkylation sites (N-methyl/N-ethyl adjacent to an activating group) is 1. The molecule has 0 saturated carbocycles. The fourth-order valence-electron chi connectivity index (χ4n) is 3.55. The number of pyridine rings is 1. The first-order chi connectivity index (χ1) is 15.7. The van der Waals surface area contributed by atoms with Gasteiger partial charge in [-0.2, -0.15) is 4.31 Å². The number of piperazine rings is 1. The van der Waals surface area contributed by atoms with Crippen molar-refractivity contribution < 1.29 is 18.0 Å². The smallest absolute Gasteiger partial charge is 0.253 e. The van der Waals surface area contributed by atoms with E-state index in [1.54, 1.807) is 48.6 Å². The zero-order valence-corrected chi connectivity index (χ0v) is 20.4. The molecule has 3 aromatic rings. The number of fused-ring (bicyclic) bond motifs is 1. The van der Waals surface area contributed by atoms with E-state index in [0.29, 0.717) is 18.0 Å². The zero-order valence-electron chi connectivity index (χ0n) is 18.0. The van der Waals surface area contributed by atoms with Crippen LogP contribution in [0.2, 0.25) is 5.02 Å². The van der Waals surface area contributed by atoms with Gasteiger partial charge >= 0.3 is 0 Å². The van der Waals surface area contributed by atoms with E-state index >= 15 is 0 Å². The van der Waals surface area contributed by atoms with Crippen LogP contribution in [0.5, 0.6) is 0 Å². The van der Waals surface area contributed by atoms with Crippen LogP contribution in [0.3, 0.4) is 0 Å². The number of nitrogens with zero attached hydrogens (tertiary/aromatic N) is 4. The third kappa shape index (κ3) is 5.35. The first-order valence-corrected chi connectivity index (χ1v) is 13.0. The Morgan fingerprint density at radius 3 is 2.67 bits per heavy atom. The van der Waals surface area contributed by atoms with E-state index in [4.69, 9.17) is 11.6 Å². The summed E-state index contributed by atoms with van der Waals surface area (Å²) in [6, 6.07) is 10.6. The lowest BCUT2D eigenvalue weighted by Crippen LogP contribution is -2.54. The van der Waals surface area contributed by atoms with Crippen LogP contribution in [0, 0.1) is 0 Å². The number of thiophene rings is 1. The third-order valence-electron chi connectivity index (χ3n) is 5.57. The third-order valence-corrected chi connectivity index (χ3v) is 9.20. The zero-order chi connectivity index (χ0) is 23.6. The predicted molar refractivity (Wildman–Crippen MR) is 128 cm³/mol. The highest BCUT2D eigenvalue weighted by atomic mass is 35.5. The van der Waals surface area contributed by atoms with Gasteiger partial charge in [-0.25, -0.2) is 8.42 Å². The Bertz CT molecular complexity index is 1280. The maximum absolute atomic E-state index is 13.1. The molecule has 2 aromatic heterocycles. The number of carbonyl (C=O) groups excluding carboxylic acids is 2. The highest BCUT2D eigenvalue weighted by Gasteiger charge is 2.34. The van der Waals surface area contributed by atoms with Crippen molar-refractivity contribution in [2.75, 3.05) is 39.8 Å². The van der Waals surface area contributed by atoms with Crippen molar-refractivity contribution in [1.29, 1.82) is 0 Å². The van der Waals surface area contributed by atoms with Crippen LogP contribution in [-0.4, -0.2) is 79.1 Å². The number of halogens is 1. The molecule has 2 amide bonds. The Kier molecular flexibility index (Phi) is 6.99. The van der Waals surface area contributed by atoms with E-state index in [1.165, 1.54) is 9.21 Å². The average Bonchev–Trinajstić information content (AvgIpc) is 3.23. The van der Waals surface area contributed by atoms with E-state index in [0.717, 1.165) is 27.0 Å². The number of hydrogen-bond donors (Lipinski definition) is 0. The van der Waals surface area contributed by atoms with E-state index in [1.807, 2.05) is 12.1 Å². The SMILES string of the molecule is CN(CCc1ccncc1)C(=O)CN1CCN(S(=O)(=O)c2cc3ccc(Cl)cc3s2)CC1=O. The molecule has 11 heteroatoms. The monoisotopic (exact) mass is 506 g/mol. The van der Waals surface area contributed by atoms with E-state index in [2.05, 4.69) is 4.98 Å². The summed E-state index contributed by atoms with van der Waals surface area (Å²) in [6.45, 7) is 0.462. The molecule has 0 unspecified atom stereocenters. The number of hydrogen-bond acceptors (Lipinski definition) is 6. The molecule has 174 valence electrons. The number of amides is 2. The standard InChI is InChI=1S/C22H23ClN4O4S2/c1-25(9-6-16-4-7-24-8-5-16)20(28)14-26-10-11-27(15-21(26)29)33(30,31)22-12-17-2-3-18(23)13-19(17)32-22/h2-5,7-8,12-13H,6,9-11,14-15H2,1H3. The molecule has 3 heterocycles. The Morgan fingerprint density at radius 1 is 1.18 bits per heavy atom. The molecule has 0 bridgehead atoms. The molecule has 1 saturated heterocycles. The quantitative estimate of drug-likeness (QED) is 0.491. The fourth-order valence-corrected chi connectivity index (χ4v) is 6.76. The predicted octanol–water partition coefficient (Wildman–Crippen LogP) is 2.48. The summed E-state index contributed by atoms with van der Waals surface area (Å²) in [4.78, 5) is 32.2. The molecule has 4 rings (SSSR count). The minimum absolute atomic E-state index is 0.0685. The van der Waals surface area contributed by atoms with Crippen LogP contribution < -0.4 is 0 Å². The Balaban J connectivity index is 1.35. The van der Waals surface area contributed by atoms with Gasteiger partial charge in [-0.3, -0.25) is 14.6 Å². The van der Waals surface area contributed by atoms with Crippen LogP contribution in [0.1, 0.15) is 5.56 Å². The van der Waals surface area contributed by atoms with Gasteiger partial charge in [-0.1, -0.05) is 17.7 Å². The van der Waals surface area contributed by atoms with Gasteiger partial charge in [-0.15, -0.1) is 11.3 Å². The molecule has 1 fully saturated rings. The molecule has 1 aliphatic heterocycles. The average molecular weight is 507 g/mol. The van der Waals surface area contributed by atoms with Gasteiger partial charge in [0.25, 0.3) is 10.0 Å². The van der Waals surface area contributed by atoms with Crippen molar-refractivity contribution in [3.63, 3.8) is 0 Å². The second kappa shape index (κ2) is 9.76. The van der Waals surface area contributed by atoms with Crippen LogP contribution in [-0.2, 0) is 26.0 Å². The van der Waals surface area contributed by atoms with Gasteiger partial charge in [0.2, 0.25) is 11.8 Å². The molecule has 0 N–H and O–H groups in total. The first-order valence-electron chi connectivity index (χ1n) is 10.3. The summed E-state index contributed by atoms with van der Waals surface area (Å²) in [7, 11) is -2.12. The van der Waals surface area contributed by atoms with Crippen molar-refractivity contribution in [2.45, 2.75) is 10.6 Å². The number of benzene rings is 1. The molecule has 0 radical (unpaired) electrons. The molecule has 0 spiro atoms. The summed E-state index contributed by atoms with van der Waals surface area (Å²) < 4.78 is 28.3. The normalized spacial score (nSPS) is 15.2. The largest absolute Gasteiger partial charge is 0.344 e. The van der Waals surface area contributed by atoms with Gasteiger partial charge in [0, 0.05) is 48.8 Å². The lowest BCUT2D eigenvalue weighted by Gasteiger charge is -2.33. The molecule has 1 aromatic carbocycles. The van der Waals surface area contributed by atoms with Crippen molar-refractivity contribution >= 4 is 54.9 Å². The number of sulfonamides is 1. The van der Waals surface area contributed by atoms with Crippen LogP contribution in [0.15, 0.2) is 53.0 Å². The summed E-state index contributed by atoms with van der Waals surface area (Å²) in [5, 5.41) is 1.32. The van der Waals surface area contributed by atoms with Gasteiger partial charge in [0.15, 0.2) is 0 Å². The minimum atomic E-state index is -3.82. The Hall–Kier alpha value is -2.53. The van der Waals surface area contributed by atoms with Gasteiger partial charge in [0.05, 0.1) is 13.1 Å². The lowest BCUT2D eigenvalue weighted by atomic mass is 10.2. The summed E-state index contributed by atoms with van der Waals surface area (Å²) >= 11 is 7.13. The Morgan fingerprint density at radius 2 is 1.94 bits per heavy atom.